The van der Waals surface area contributed by atoms with Gasteiger partial charge in [0.1, 0.15) is 5.82 Å². The number of amides is 1. The number of halogens is 3. The highest BCUT2D eigenvalue weighted by Crippen LogP contribution is 2.54. The van der Waals surface area contributed by atoms with Crippen molar-refractivity contribution in [3.05, 3.63) is 109 Å². The highest BCUT2D eigenvalue weighted by molar-refractivity contribution is 7.10. The van der Waals surface area contributed by atoms with Gasteiger partial charge < -0.3 is 15.0 Å². The van der Waals surface area contributed by atoms with Crippen molar-refractivity contribution >= 4 is 17.2 Å². The number of aliphatic hydroxyl groups excluding tert-OH is 1. The zero-order valence-corrected chi connectivity index (χ0v) is 22.2. The van der Waals surface area contributed by atoms with Crippen LogP contribution in [0.1, 0.15) is 58.5 Å². The lowest BCUT2D eigenvalue weighted by molar-refractivity contribution is -0.142. The predicted octanol–water partition coefficient (Wildman–Crippen LogP) is 5.61. The van der Waals surface area contributed by atoms with Gasteiger partial charge in [-0.2, -0.15) is 13.2 Å². The topological polar surface area (TPSA) is 86.3 Å². The second-order valence-electron chi connectivity index (χ2n) is 10.4. The number of carbonyl (C=O) groups excluding carboxylic acids is 1. The summed E-state index contributed by atoms with van der Waals surface area (Å²) in [6.45, 7) is 0.174. The normalized spacial score (nSPS) is 17.1. The van der Waals surface area contributed by atoms with Gasteiger partial charge in [-0.25, -0.2) is 4.98 Å². The van der Waals surface area contributed by atoms with Crippen LogP contribution in [0.3, 0.4) is 0 Å². The SMILES string of the molecule is O=C([C@H](O)c1cccc(C(F)(F)F)c1)N1CCCc2nc(C3(c4cc(-c5ccccc5)cs4)CC3)[nH]c(=O)c2C1. The summed E-state index contributed by atoms with van der Waals surface area (Å²) < 4.78 is 39.4. The fourth-order valence-corrected chi connectivity index (χ4v) is 6.51. The van der Waals surface area contributed by atoms with Crippen molar-refractivity contribution < 1.29 is 23.1 Å². The van der Waals surface area contributed by atoms with Gasteiger partial charge in [0.2, 0.25) is 0 Å². The number of aliphatic hydroxyl groups is 1. The van der Waals surface area contributed by atoms with Gasteiger partial charge in [-0.1, -0.05) is 42.5 Å². The van der Waals surface area contributed by atoms with Crippen molar-refractivity contribution in [2.75, 3.05) is 6.54 Å². The minimum atomic E-state index is -4.60. The minimum Gasteiger partial charge on any atom is -0.378 e. The number of hydrogen-bond acceptors (Lipinski definition) is 5. The summed E-state index contributed by atoms with van der Waals surface area (Å²) in [6, 6.07) is 16.4. The molecule has 1 aliphatic carbocycles. The molecule has 0 saturated heterocycles. The summed E-state index contributed by atoms with van der Waals surface area (Å²) in [7, 11) is 0. The van der Waals surface area contributed by atoms with Gasteiger partial charge in [-0.15, -0.1) is 11.3 Å². The molecule has 1 saturated carbocycles. The molecule has 2 aromatic heterocycles. The Kier molecular flexibility index (Phi) is 6.62. The number of fused-ring (bicyclic) bond motifs is 1. The molecule has 2 aliphatic rings. The monoisotopic (exact) mass is 565 g/mol. The van der Waals surface area contributed by atoms with E-state index >= 15 is 0 Å². The molecule has 1 aliphatic heterocycles. The Morgan fingerprint density at radius 1 is 1.07 bits per heavy atom. The second kappa shape index (κ2) is 10.0. The molecule has 1 amide bonds. The maximum Gasteiger partial charge on any atom is 0.416 e. The first-order chi connectivity index (χ1) is 19.2. The van der Waals surface area contributed by atoms with Crippen molar-refractivity contribution in [2.45, 2.75) is 49.9 Å². The van der Waals surface area contributed by atoms with Gasteiger partial charge in [0.05, 0.1) is 28.8 Å². The van der Waals surface area contributed by atoms with Crippen LogP contribution >= 0.6 is 11.3 Å². The molecule has 0 bridgehead atoms. The fourth-order valence-electron chi connectivity index (χ4n) is 5.33. The molecule has 1 atom stereocenters. The third-order valence-electron chi connectivity index (χ3n) is 7.75. The van der Waals surface area contributed by atoms with Crippen LogP contribution in [0, 0.1) is 0 Å². The number of benzene rings is 2. The summed E-state index contributed by atoms with van der Waals surface area (Å²) in [6.07, 6.45) is -3.64. The summed E-state index contributed by atoms with van der Waals surface area (Å²) in [4.78, 5) is 36.8. The maximum atomic E-state index is 13.3. The predicted molar refractivity (Wildman–Crippen MR) is 145 cm³/mol. The number of aromatic amines is 1. The zero-order chi connectivity index (χ0) is 28.1. The molecule has 6 rings (SSSR count). The van der Waals surface area contributed by atoms with E-state index in [0.717, 1.165) is 47.0 Å². The number of thiophene rings is 1. The van der Waals surface area contributed by atoms with E-state index in [4.69, 9.17) is 4.98 Å². The van der Waals surface area contributed by atoms with Gasteiger partial charge in [0, 0.05) is 11.4 Å². The Hall–Kier alpha value is -3.76. The number of aryl methyl sites for hydroxylation is 1. The Morgan fingerprint density at radius 3 is 2.58 bits per heavy atom. The number of aromatic nitrogens is 2. The van der Waals surface area contributed by atoms with Gasteiger partial charge in [0.25, 0.3) is 11.5 Å². The smallest absolute Gasteiger partial charge is 0.378 e. The first-order valence-electron chi connectivity index (χ1n) is 13.1. The number of H-pyrrole nitrogens is 1. The Morgan fingerprint density at radius 2 is 1.85 bits per heavy atom. The van der Waals surface area contributed by atoms with Crippen molar-refractivity contribution in [1.29, 1.82) is 0 Å². The maximum absolute atomic E-state index is 13.3. The van der Waals surface area contributed by atoms with Gasteiger partial charge in [-0.3, -0.25) is 9.59 Å². The van der Waals surface area contributed by atoms with Crippen molar-refractivity contribution in [2.24, 2.45) is 0 Å². The first kappa shape index (κ1) is 26.5. The average Bonchev–Trinajstić information content (AvgIpc) is 3.67. The Labute approximate surface area is 232 Å². The average molecular weight is 566 g/mol. The van der Waals surface area contributed by atoms with Crippen molar-refractivity contribution in [3.63, 3.8) is 0 Å². The molecule has 1 fully saturated rings. The molecule has 0 spiro atoms. The van der Waals surface area contributed by atoms with E-state index in [9.17, 15) is 27.9 Å². The summed E-state index contributed by atoms with van der Waals surface area (Å²) >= 11 is 1.65. The third-order valence-corrected chi connectivity index (χ3v) is 8.88. The Balaban J connectivity index is 1.25. The van der Waals surface area contributed by atoms with Crippen LogP contribution in [0.4, 0.5) is 13.2 Å². The number of hydrogen-bond donors (Lipinski definition) is 2. The number of rotatable bonds is 5. The van der Waals surface area contributed by atoms with E-state index in [0.29, 0.717) is 29.9 Å². The third kappa shape index (κ3) is 4.86. The molecule has 6 nitrogen and oxygen atoms in total. The lowest BCUT2D eigenvalue weighted by atomic mass is 10.0. The van der Waals surface area contributed by atoms with E-state index in [1.54, 1.807) is 11.3 Å². The molecule has 40 heavy (non-hydrogen) atoms. The number of carbonyl (C=O) groups is 1. The fraction of sp³-hybridized carbons (Fsp3) is 0.300. The quantitative estimate of drug-likeness (QED) is 0.330. The largest absolute Gasteiger partial charge is 0.416 e. The molecule has 0 unspecified atom stereocenters. The Bertz CT molecular complexity index is 1630. The molecule has 0 radical (unpaired) electrons. The lowest BCUT2D eigenvalue weighted by Crippen LogP contribution is -2.36. The minimum absolute atomic E-state index is 0.0725. The summed E-state index contributed by atoms with van der Waals surface area (Å²) in [5, 5.41) is 12.8. The van der Waals surface area contributed by atoms with Crippen LogP contribution in [0.5, 0.6) is 0 Å². The molecule has 206 valence electrons. The number of alkyl halides is 3. The number of nitrogens with zero attached hydrogens (tertiary/aromatic N) is 2. The van der Waals surface area contributed by atoms with Crippen LogP contribution in [-0.2, 0) is 29.4 Å². The highest BCUT2D eigenvalue weighted by Gasteiger charge is 2.50. The van der Waals surface area contributed by atoms with E-state index < -0.39 is 23.8 Å². The molecule has 3 heterocycles. The van der Waals surface area contributed by atoms with Crippen LogP contribution in [0.25, 0.3) is 11.1 Å². The first-order valence-corrected chi connectivity index (χ1v) is 13.9. The zero-order valence-electron chi connectivity index (χ0n) is 21.4. The highest BCUT2D eigenvalue weighted by atomic mass is 32.1. The van der Waals surface area contributed by atoms with Crippen LogP contribution in [0.2, 0.25) is 0 Å². The second-order valence-corrected chi connectivity index (χ2v) is 11.3. The van der Waals surface area contributed by atoms with Gasteiger partial charge >= 0.3 is 6.18 Å². The van der Waals surface area contributed by atoms with E-state index in [1.807, 2.05) is 18.2 Å². The van der Waals surface area contributed by atoms with Crippen LogP contribution in [-0.4, -0.2) is 32.4 Å². The molecule has 10 heteroatoms. The lowest BCUT2D eigenvalue weighted by Gasteiger charge is -2.24. The van der Waals surface area contributed by atoms with Gasteiger partial charge in [-0.05, 0) is 66.0 Å². The summed E-state index contributed by atoms with van der Waals surface area (Å²) in [5.41, 5.74) is 1.45. The van der Waals surface area contributed by atoms with Crippen LogP contribution < -0.4 is 5.56 Å². The standard InChI is InChI=1S/C30H26F3N3O3S/c31-30(32,33)21-9-4-8-19(14-21)25(37)27(39)36-13-5-10-23-22(16-36)26(38)35-28(34-23)29(11-12-29)24-15-20(17-40-24)18-6-2-1-3-7-18/h1-4,6-9,14-15,17,25,37H,5,10-13,16H2,(H,34,35,38)/t25-/m1/s1. The van der Waals surface area contributed by atoms with E-state index in [1.165, 1.54) is 11.0 Å². The van der Waals surface area contributed by atoms with E-state index in [2.05, 4.69) is 28.6 Å². The van der Waals surface area contributed by atoms with Gasteiger partial charge in [0.15, 0.2) is 6.10 Å². The molecule has 4 aromatic rings. The van der Waals surface area contributed by atoms with E-state index in [-0.39, 0.29) is 29.6 Å². The molecular formula is C30H26F3N3O3S. The van der Waals surface area contributed by atoms with Crippen molar-refractivity contribution in [1.82, 2.24) is 14.9 Å². The molecular weight excluding hydrogens is 539 g/mol. The van der Waals surface area contributed by atoms with Crippen molar-refractivity contribution in [3.8, 4) is 11.1 Å². The summed E-state index contributed by atoms with van der Waals surface area (Å²) in [5.74, 6) is -0.122. The molecule has 2 N–H and O–H groups in total. The molecule has 2 aromatic carbocycles. The number of nitrogens with one attached hydrogen (secondary N) is 1. The van der Waals surface area contributed by atoms with Crippen LogP contribution in [0.15, 0.2) is 70.8 Å².